The van der Waals surface area contributed by atoms with E-state index in [0.29, 0.717) is 6.42 Å². The van der Waals surface area contributed by atoms with Crippen LogP contribution in [0.15, 0.2) is 18.5 Å². The van der Waals surface area contributed by atoms with Gasteiger partial charge in [0.1, 0.15) is 0 Å². The van der Waals surface area contributed by atoms with Gasteiger partial charge in [0, 0.05) is 25.7 Å². The van der Waals surface area contributed by atoms with E-state index in [9.17, 15) is 9.59 Å². The number of nitrogens with zero attached hydrogens (tertiary/aromatic N) is 2. The third-order valence-corrected chi connectivity index (χ3v) is 1.84. The summed E-state index contributed by atoms with van der Waals surface area (Å²) >= 11 is 0. The molecule has 0 atom stereocenters. The summed E-state index contributed by atoms with van der Waals surface area (Å²) in [6, 6.07) is 1.65. The molecule has 0 unspecified atom stereocenters. The first kappa shape index (κ1) is 12.9. The van der Waals surface area contributed by atoms with E-state index in [1.165, 1.54) is 17.8 Å². The van der Waals surface area contributed by atoms with E-state index in [1.807, 2.05) is 0 Å². The molecule has 0 saturated heterocycles. The van der Waals surface area contributed by atoms with Gasteiger partial charge in [-0.25, -0.2) is 4.68 Å². The highest BCUT2D eigenvalue weighted by atomic mass is 16.5. The number of ether oxygens (including phenoxy) is 1. The van der Waals surface area contributed by atoms with Gasteiger partial charge in [0.05, 0.1) is 6.61 Å². The van der Waals surface area contributed by atoms with Crippen molar-refractivity contribution >= 4 is 17.8 Å². The molecule has 7 heteroatoms. The Labute approximate surface area is 98.3 Å². The van der Waals surface area contributed by atoms with E-state index in [-0.39, 0.29) is 30.9 Å². The third-order valence-electron chi connectivity index (χ3n) is 1.84. The van der Waals surface area contributed by atoms with Crippen molar-refractivity contribution in [2.24, 2.45) is 0 Å². The summed E-state index contributed by atoms with van der Waals surface area (Å²) in [6.45, 7) is 1.52. The second-order valence-electron chi connectivity index (χ2n) is 3.29. The van der Waals surface area contributed by atoms with Crippen LogP contribution in [0, 0.1) is 5.41 Å². The van der Waals surface area contributed by atoms with E-state index >= 15 is 0 Å². The zero-order chi connectivity index (χ0) is 12.7. The summed E-state index contributed by atoms with van der Waals surface area (Å²) in [5.41, 5.74) is 0. The first-order chi connectivity index (χ1) is 8.09. The summed E-state index contributed by atoms with van der Waals surface area (Å²) in [5.74, 6) is -0.778. The Morgan fingerprint density at radius 2 is 2.29 bits per heavy atom. The van der Waals surface area contributed by atoms with Gasteiger partial charge in [-0.2, -0.15) is 5.10 Å². The lowest BCUT2D eigenvalue weighted by molar-refractivity contribution is -0.141. The fourth-order valence-corrected chi connectivity index (χ4v) is 1.10. The Kier molecular flexibility index (Phi) is 4.86. The van der Waals surface area contributed by atoms with Crippen LogP contribution in [-0.4, -0.2) is 34.2 Å². The molecule has 17 heavy (non-hydrogen) atoms. The lowest BCUT2D eigenvalue weighted by atomic mass is 10.3. The number of amides is 1. The second-order valence-corrected chi connectivity index (χ2v) is 3.29. The van der Waals surface area contributed by atoms with E-state index in [2.05, 4.69) is 15.2 Å². The number of carbonyl (C=O) groups is 2. The van der Waals surface area contributed by atoms with Gasteiger partial charge in [0.15, 0.2) is 0 Å². The summed E-state index contributed by atoms with van der Waals surface area (Å²) in [5, 5.41) is 13.7. The highest BCUT2D eigenvalue weighted by Crippen LogP contribution is 1.91. The Hall–Kier alpha value is -2.18. The first-order valence-corrected chi connectivity index (χ1v) is 5.11. The Morgan fingerprint density at radius 3 is 2.88 bits per heavy atom. The molecule has 0 aliphatic carbocycles. The van der Waals surface area contributed by atoms with Gasteiger partial charge in [0.25, 0.3) is 0 Å². The molecule has 1 aromatic heterocycles. The average molecular weight is 238 g/mol. The van der Waals surface area contributed by atoms with Crippen LogP contribution < -0.4 is 5.32 Å². The van der Waals surface area contributed by atoms with Crippen molar-refractivity contribution < 1.29 is 14.3 Å². The van der Waals surface area contributed by atoms with Gasteiger partial charge in [-0.05, 0) is 12.5 Å². The second kappa shape index (κ2) is 6.41. The maximum atomic E-state index is 11.4. The van der Waals surface area contributed by atoms with E-state index < -0.39 is 0 Å². The van der Waals surface area contributed by atoms with Gasteiger partial charge in [-0.15, -0.1) is 0 Å². The Bertz CT molecular complexity index is 400. The van der Waals surface area contributed by atoms with Crippen molar-refractivity contribution in [3.05, 3.63) is 18.5 Å². The number of hydrogen-bond acceptors (Lipinski definition) is 5. The van der Waals surface area contributed by atoms with Gasteiger partial charge in [0.2, 0.25) is 11.9 Å². The molecule has 0 fully saturated rings. The van der Waals surface area contributed by atoms with Gasteiger partial charge < -0.3 is 4.74 Å². The zero-order valence-corrected chi connectivity index (χ0v) is 9.47. The fourth-order valence-electron chi connectivity index (χ4n) is 1.10. The smallest absolute Gasteiger partial charge is 0.302 e. The van der Waals surface area contributed by atoms with Crippen molar-refractivity contribution in [2.45, 2.75) is 19.8 Å². The summed E-state index contributed by atoms with van der Waals surface area (Å²) < 4.78 is 5.92. The van der Waals surface area contributed by atoms with E-state index in [0.717, 1.165) is 0 Å². The molecule has 0 radical (unpaired) electrons. The summed E-state index contributed by atoms with van der Waals surface area (Å²) in [6.07, 6.45) is 3.69. The largest absolute Gasteiger partial charge is 0.466 e. The molecule has 1 aromatic rings. The number of nitrogens with one attached hydrogen (secondary N) is 2. The number of rotatable bonds is 4. The molecule has 1 heterocycles. The van der Waals surface area contributed by atoms with Crippen molar-refractivity contribution in [3.8, 4) is 0 Å². The molecule has 0 saturated carbocycles. The van der Waals surface area contributed by atoms with Crippen LogP contribution in [0.4, 0.5) is 0 Å². The number of carbonyl (C=O) groups excluding carboxylic acids is 2. The van der Waals surface area contributed by atoms with Crippen LogP contribution >= 0.6 is 0 Å². The molecule has 0 aliphatic rings. The molecule has 0 bridgehead atoms. The Balaban J connectivity index is 2.21. The predicted octanol–water partition coefficient (Wildman–Crippen LogP) is 0.125. The monoisotopic (exact) mass is 238 g/mol. The fraction of sp³-hybridized carbons (Fsp3) is 0.400. The molecule has 1 rings (SSSR count). The molecular weight excluding hydrogens is 224 g/mol. The van der Waals surface area contributed by atoms with Crippen molar-refractivity contribution in [3.63, 3.8) is 0 Å². The molecule has 0 aromatic carbocycles. The van der Waals surface area contributed by atoms with Crippen molar-refractivity contribution in [1.29, 1.82) is 5.41 Å². The molecule has 2 N–H and O–H groups in total. The number of esters is 1. The molecule has 92 valence electrons. The minimum absolute atomic E-state index is 0.104. The molecule has 7 nitrogen and oxygen atoms in total. The van der Waals surface area contributed by atoms with E-state index in [1.54, 1.807) is 12.3 Å². The maximum absolute atomic E-state index is 11.4. The lowest BCUT2D eigenvalue weighted by Gasteiger charge is -2.06. The summed E-state index contributed by atoms with van der Waals surface area (Å²) in [4.78, 5) is 21.8. The van der Waals surface area contributed by atoms with E-state index in [4.69, 9.17) is 5.41 Å². The maximum Gasteiger partial charge on any atom is 0.302 e. The van der Waals surface area contributed by atoms with Gasteiger partial charge >= 0.3 is 5.97 Å². The minimum Gasteiger partial charge on any atom is -0.466 e. The highest BCUT2D eigenvalue weighted by molar-refractivity contribution is 5.96. The van der Waals surface area contributed by atoms with Crippen LogP contribution in [0.2, 0.25) is 0 Å². The molecular formula is C10H14N4O3. The molecule has 1 amide bonds. The molecule has 0 aliphatic heterocycles. The average Bonchev–Trinajstić information content (AvgIpc) is 2.77. The zero-order valence-electron chi connectivity index (χ0n) is 9.47. The minimum atomic E-state index is -0.366. The normalized spacial score (nSPS) is 9.71. The third kappa shape index (κ3) is 4.92. The van der Waals surface area contributed by atoms with Gasteiger partial charge in [-0.3, -0.25) is 20.3 Å². The van der Waals surface area contributed by atoms with Crippen LogP contribution in [-0.2, 0) is 14.3 Å². The van der Waals surface area contributed by atoms with Crippen molar-refractivity contribution in [1.82, 2.24) is 15.1 Å². The lowest BCUT2D eigenvalue weighted by Crippen LogP contribution is -2.35. The number of aromatic nitrogens is 2. The highest BCUT2D eigenvalue weighted by Gasteiger charge is 2.06. The SMILES string of the molecule is CC(=O)OCCCC(=O)NC(=N)n1cccn1. The Morgan fingerprint density at radius 1 is 1.53 bits per heavy atom. The number of hydrogen-bond donors (Lipinski definition) is 2. The van der Waals surface area contributed by atoms with Crippen LogP contribution in [0.3, 0.4) is 0 Å². The summed E-state index contributed by atoms with van der Waals surface area (Å²) in [7, 11) is 0. The quantitative estimate of drug-likeness (QED) is 0.337. The predicted molar refractivity (Wildman–Crippen MR) is 59.4 cm³/mol. The first-order valence-electron chi connectivity index (χ1n) is 5.11. The topological polar surface area (TPSA) is 97.1 Å². The van der Waals surface area contributed by atoms with Crippen molar-refractivity contribution in [2.75, 3.05) is 6.61 Å². The van der Waals surface area contributed by atoms with Gasteiger partial charge in [-0.1, -0.05) is 0 Å². The van der Waals surface area contributed by atoms with Crippen LogP contribution in [0.25, 0.3) is 0 Å². The molecule has 0 spiro atoms. The van der Waals surface area contributed by atoms with Crippen LogP contribution in [0.5, 0.6) is 0 Å². The van der Waals surface area contributed by atoms with Crippen LogP contribution in [0.1, 0.15) is 19.8 Å². The standard InChI is InChI=1S/C10H14N4O3/c1-8(15)17-7-2-4-9(16)13-10(11)14-6-3-5-12-14/h3,5-6H,2,4,7H2,1H3,(H2,11,13,16).